The van der Waals surface area contributed by atoms with E-state index in [1.165, 1.54) is 0 Å². The highest BCUT2D eigenvalue weighted by Gasteiger charge is 1.85. The lowest BCUT2D eigenvalue weighted by molar-refractivity contribution is 0.696. The van der Waals surface area contributed by atoms with Crippen LogP contribution in [0.2, 0.25) is 0 Å². The predicted octanol–water partition coefficient (Wildman–Crippen LogP) is 0.124. The van der Waals surface area contributed by atoms with Gasteiger partial charge in [-0.05, 0) is 6.92 Å². The molecule has 0 aliphatic rings. The summed E-state index contributed by atoms with van der Waals surface area (Å²) in [5.41, 5.74) is 1.08. The lowest BCUT2D eigenvalue weighted by Gasteiger charge is -1.84. The number of nitrogens with zero attached hydrogens (tertiary/aromatic N) is 3. The highest BCUT2D eigenvalue weighted by molar-refractivity contribution is 4.86. The first-order valence-corrected chi connectivity index (χ1v) is 2.12. The molecule has 0 radical (unpaired) electrons. The van der Waals surface area contributed by atoms with Crippen molar-refractivity contribution in [2.75, 3.05) is 0 Å². The molecule has 0 amide bonds. The average molecular weight is 97.1 g/mol. The molecule has 0 aromatic carbocycles. The summed E-state index contributed by atoms with van der Waals surface area (Å²) >= 11 is 0. The summed E-state index contributed by atoms with van der Waals surface area (Å²) < 4.78 is 1.72. The van der Waals surface area contributed by atoms with E-state index < -0.39 is 0 Å². The van der Waals surface area contributed by atoms with Crippen LogP contribution in [0.1, 0.15) is 5.69 Å². The van der Waals surface area contributed by atoms with Crippen LogP contribution in [0.3, 0.4) is 0 Å². The Bertz CT molecular complexity index is 139. The number of hydrogen-bond acceptors (Lipinski definition) is 2. The van der Waals surface area contributed by atoms with Crippen LogP contribution in [-0.2, 0) is 7.05 Å². The second kappa shape index (κ2) is 1.33. The van der Waals surface area contributed by atoms with Crippen LogP contribution < -0.4 is 0 Å². The van der Waals surface area contributed by atoms with Gasteiger partial charge in [-0.25, -0.2) is 0 Å². The number of hydrogen-bond donors (Lipinski definition) is 0. The van der Waals surface area contributed by atoms with Crippen molar-refractivity contribution in [2.45, 2.75) is 6.92 Å². The van der Waals surface area contributed by atoms with Gasteiger partial charge in [-0.1, -0.05) is 5.21 Å². The molecule has 1 aromatic heterocycles. The highest BCUT2D eigenvalue weighted by atomic mass is 15.4. The molecule has 0 aliphatic heterocycles. The SMILES string of the molecule is Cc1cnnn1C. The zero-order valence-electron chi connectivity index (χ0n) is 4.42. The summed E-state index contributed by atoms with van der Waals surface area (Å²) in [6.45, 7) is 1.96. The highest BCUT2D eigenvalue weighted by Crippen LogP contribution is 1.84. The average Bonchev–Trinajstić information content (AvgIpc) is 1.91. The molecule has 0 spiro atoms. The molecule has 0 saturated heterocycles. The topological polar surface area (TPSA) is 30.7 Å². The van der Waals surface area contributed by atoms with Crippen LogP contribution in [0, 0.1) is 6.92 Å². The van der Waals surface area contributed by atoms with E-state index in [2.05, 4.69) is 10.3 Å². The van der Waals surface area contributed by atoms with Gasteiger partial charge in [0.1, 0.15) is 0 Å². The molecule has 1 heterocycles. The van der Waals surface area contributed by atoms with Gasteiger partial charge in [0.05, 0.1) is 11.9 Å². The zero-order chi connectivity index (χ0) is 5.28. The first-order chi connectivity index (χ1) is 3.30. The van der Waals surface area contributed by atoms with Crippen molar-refractivity contribution < 1.29 is 0 Å². The third-order valence-electron chi connectivity index (χ3n) is 0.941. The maximum absolute atomic E-state index is 3.68. The zero-order valence-corrected chi connectivity index (χ0v) is 4.42. The van der Waals surface area contributed by atoms with Crippen LogP contribution in [0.5, 0.6) is 0 Å². The van der Waals surface area contributed by atoms with E-state index in [1.807, 2.05) is 14.0 Å². The molecule has 0 N–H and O–H groups in total. The second-order valence-electron chi connectivity index (χ2n) is 1.50. The molecule has 3 heteroatoms. The molecule has 0 saturated carbocycles. The fraction of sp³-hybridized carbons (Fsp3) is 0.500. The van der Waals surface area contributed by atoms with Gasteiger partial charge in [-0.15, -0.1) is 5.10 Å². The molecule has 3 nitrogen and oxygen atoms in total. The van der Waals surface area contributed by atoms with Crippen molar-refractivity contribution >= 4 is 0 Å². The third kappa shape index (κ3) is 0.607. The summed E-state index contributed by atoms with van der Waals surface area (Å²) in [6.07, 6.45) is 1.72. The van der Waals surface area contributed by atoms with Gasteiger partial charge in [0.15, 0.2) is 0 Å². The Hall–Kier alpha value is -0.860. The fourth-order valence-electron chi connectivity index (χ4n) is 0.341. The first kappa shape index (κ1) is 4.30. The Balaban J connectivity index is 3.12. The molecule has 38 valence electrons. The maximum atomic E-state index is 3.68. The van der Waals surface area contributed by atoms with Crippen molar-refractivity contribution in [3.63, 3.8) is 0 Å². The first-order valence-electron chi connectivity index (χ1n) is 2.12. The van der Waals surface area contributed by atoms with Crippen LogP contribution in [-0.4, -0.2) is 15.0 Å². The lowest BCUT2D eigenvalue weighted by Crippen LogP contribution is -1.91. The fourth-order valence-corrected chi connectivity index (χ4v) is 0.341. The van der Waals surface area contributed by atoms with Crippen molar-refractivity contribution in [1.29, 1.82) is 0 Å². The molecule has 7 heavy (non-hydrogen) atoms. The summed E-state index contributed by atoms with van der Waals surface area (Å²) in [4.78, 5) is 0. The van der Waals surface area contributed by atoms with Gasteiger partial charge in [0.2, 0.25) is 0 Å². The number of aryl methyl sites for hydroxylation is 2. The van der Waals surface area contributed by atoms with E-state index in [0.29, 0.717) is 0 Å². The van der Waals surface area contributed by atoms with E-state index >= 15 is 0 Å². The van der Waals surface area contributed by atoms with Crippen LogP contribution in [0.4, 0.5) is 0 Å². The Morgan fingerprint density at radius 3 is 2.57 bits per heavy atom. The van der Waals surface area contributed by atoms with Gasteiger partial charge in [0, 0.05) is 7.05 Å². The Kier molecular flexibility index (Phi) is 0.817. The smallest absolute Gasteiger partial charge is 0.0722 e. The number of aromatic nitrogens is 3. The van der Waals surface area contributed by atoms with E-state index in [-0.39, 0.29) is 0 Å². The monoisotopic (exact) mass is 97.1 g/mol. The molecule has 0 bridgehead atoms. The Labute approximate surface area is 42.0 Å². The standard InChI is InChI=1S/C4H7N3/c1-4-3-5-6-7(4)2/h3H,1-2H3. The third-order valence-corrected chi connectivity index (χ3v) is 0.941. The summed E-state index contributed by atoms with van der Waals surface area (Å²) in [7, 11) is 1.86. The molecule has 0 aliphatic carbocycles. The molecule has 0 fully saturated rings. The van der Waals surface area contributed by atoms with Crippen molar-refractivity contribution in [3.8, 4) is 0 Å². The largest absolute Gasteiger partial charge is 0.253 e. The predicted molar refractivity (Wildman–Crippen MR) is 25.7 cm³/mol. The molecule has 1 rings (SSSR count). The van der Waals surface area contributed by atoms with E-state index in [9.17, 15) is 0 Å². The molecular formula is C4H7N3. The van der Waals surface area contributed by atoms with Crippen molar-refractivity contribution in [2.24, 2.45) is 7.05 Å². The van der Waals surface area contributed by atoms with Gasteiger partial charge in [-0.2, -0.15) is 0 Å². The van der Waals surface area contributed by atoms with E-state index in [0.717, 1.165) is 5.69 Å². The molecular weight excluding hydrogens is 90.1 g/mol. The summed E-state index contributed by atoms with van der Waals surface area (Å²) in [6, 6.07) is 0. The second-order valence-corrected chi connectivity index (χ2v) is 1.50. The molecule has 0 unspecified atom stereocenters. The summed E-state index contributed by atoms with van der Waals surface area (Å²) in [5.74, 6) is 0. The van der Waals surface area contributed by atoms with E-state index in [4.69, 9.17) is 0 Å². The quantitative estimate of drug-likeness (QED) is 0.460. The van der Waals surface area contributed by atoms with Gasteiger partial charge in [-0.3, -0.25) is 4.68 Å². The minimum absolute atomic E-state index is 1.08. The Morgan fingerprint density at radius 2 is 2.43 bits per heavy atom. The van der Waals surface area contributed by atoms with Crippen molar-refractivity contribution in [3.05, 3.63) is 11.9 Å². The Morgan fingerprint density at radius 1 is 1.71 bits per heavy atom. The minimum atomic E-state index is 1.08. The van der Waals surface area contributed by atoms with Crippen LogP contribution in [0.15, 0.2) is 6.20 Å². The van der Waals surface area contributed by atoms with Crippen molar-refractivity contribution in [1.82, 2.24) is 15.0 Å². The normalized spacial score (nSPS) is 9.43. The minimum Gasteiger partial charge on any atom is -0.253 e. The van der Waals surface area contributed by atoms with Crippen LogP contribution in [0.25, 0.3) is 0 Å². The van der Waals surface area contributed by atoms with Gasteiger partial charge < -0.3 is 0 Å². The molecule has 0 atom stereocenters. The van der Waals surface area contributed by atoms with E-state index in [1.54, 1.807) is 10.9 Å². The van der Waals surface area contributed by atoms with Gasteiger partial charge in [0.25, 0.3) is 0 Å². The van der Waals surface area contributed by atoms with Crippen LogP contribution >= 0.6 is 0 Å². The summed E-state index contributed by atoms with van der Waals surface area (Å²) in [5, 5.41) is 7.32. The lowest BCUT2D eigenvalue weighted by atomic mass is 10.6. The molecule has 1 aromatic rings. The number of rotatable bonds is 0. The van der Waals surface area contributed by atoms with Gasteiger partial charge >= 0.3 is 0 Å². The maximum Gasteiger partial charge on any atom is 0.0722 e.